The zero-order valence-electron chi connectivity index (χ0n) is 7.30. The summed E-state index contributed by atoms with van der Waals surface area (Å²) in [7, 11) is 0.783. The Morgan fingerprint density at radius 2 is 1.92 bits per heavy atom. The van der Waals surface area contributed by atoms with Crippen molar-refractivity contribution < 1.29 is 13.2 Å². The van der Waals surface area contributed by atoms with E-state index < -0.39 is 15.1 Å². The summed E-state index contributed by atoms with van der Waals surface area (Å²) in [6, 6.07) is 0. The third kappa shape index (κ3) is 6.36. The van der Waals surface area contributed by atoms with E-state index in [2.05, 4.69) is 6.58 Å². The second kappa shape index (κ2) is 4.43. The highest BCUT2D eigenvalue weighted by Crippen LogP contribution is 2.04. The molecule has 0 aliphatic heterocycles. The van der Waals surface area contributed by atoms with Gasteiger partial charge in [0.15, 0.2) is 0 Å². The summed E-state index contributed by atoms with van der Waals surface area (Å²) in [5.74, 6) is -0.782. The fourth-order valence-electron chi connectivity index (χ4n) is 0.469. The molecule has 0 atom stereocenters. The molecule has 0 saturated carbocycles. The molecular weight excluding hydrogens is 214 g/mol. The van der Waals surface area contributed by atoms with Gasteiger partial charge in [-0.2, -0.15) is 8.42 Å². The topological polar surface area (TPSA) is 63.2 Å². The third-order valence-electron chi connectivity index (χ3n) is 1.24. The molecule has 0 aliphatic carbocycles. The van der Waals surface area contributed by atoms with E-state index in [1.54, 1.807) is 18.6 Å². The van der Waals surface area contributed by atoms with Gasteiger partial charge in [-0.3, -0.25) is 4.79 Å². The summed E-state index contributed by atoms with van der Waals surface area (Å²) in [4.78, 5) is 10.9. The lowest BCUT2D eigenvalue weighted by molar-refractivity contribution is -0.114. The summed E-state index contributed by atoms with van der Waals surface area (Å²) in [5.41, 5.74) is 1.28. The van der Waals surface area contributed by atoms with Crippen LogP contribution in [0.2, 0.25) is 0 Å². The molecule has 0 spiro atoms. The third-order valence-corrected chi connectivity index (χ3v) is 1.92. The molecule has 0 saturated heterocycles. The summed E-state index contributed by atoms with van der Waals surface area (Å²) in [6.07, 6.45) is 1.11. The molecule has 0 fully saturated rings. The Hall–Kier alpha value is -0.810. The normalized spacial score (nSPS) is 12.4. The minimum Gasteiger partial charge on any atom is -0.269 e. The zero-order chi connectivity index (χ0) is 10.6. The van der Waals surface area contributed by atoms with Crippen molar-refractivity contribution in [1.29, 1.82) is 0 Å². The minimum absolute atomic E-state index is 0.595. The van der Waals surface area contributed by atoms with E-state index in [0.29, 0.717) is 11.1 Å². The van der Waals surface area contributed by atoms with Gasteiger partial charge in [0.05, 0.1) is 0 Å². The molecule has 0 aromatic heterocycles. The van der Waals surface area contributed by atoms with Crippen LogP contribution in [0, 0.1) is 0 Å². The van der Waals surface area contributed by atoms with Crippen molar-refractivity contribution >= 4 is 25.8 Å². The van der Waals surface area contributed by atoms with Crippen molar-refractivity contribution in [2.45, 2.75) is 13.8 Å². The molecule has 0 unspecified atom stereocenters. The minimum atomic E-state index is -4.00. The van der Waals surface area contributed by atoms with Gasteiger partial charge < -0.3 is 0 Å². The molecule has 0 radical (unpaired) electrons. The van der Waals surface area contributed by atoms with E-state index >= 15 is 0 Å². The van der Waals surface area contributed by atoms with Crippen molar-refractivity contribution in [2.24, 2.45) is 0 Å². The SMILES string of the molecule is C=C(C)/C(C)=C/C(=O)NS(=O)(=O)Cl. The molecule has 0 aromatic carbocycles. The number of hydrogen-bond acceptors (Lipinski definition) is 3. The lowest BCUT2D eigenvalue weighted by Crippen LogP contribution is -2.24. The molecule has 6 heteroatoms. The molecule has 0 rings (SSSR count). The van der Waals surface area contributed by atoms with Crippen LogP contribution in [-0.2, 0) is 14.0 Å². The fourth-order valence-corrected chi connectivity index (χ4v) is 0.997. The van der Waals surface area contributed by atoms with Crippen LogP contribution >= 0.6 is 10.7 Å². The van der Waals surface area contributed by atoms with Crippen LogP contribution in [0.3, 0.4) is 0 Å². The number of rotatable bonds is 3. The smallest absolute Gasteiger partial charge is 0.269 e. The molecule has 4 nitrogen and oxygen atoms in total. The van der Waals surface area contributed by atoms with E-state index in [4.69, 9.17) is 10.7 Å². The van der Waals surface area contributed by atoms with Crippen LogP contribution in [0.5, 0.6) is 0 Å². The molecule has 0 bridgehead atoms. The predicted molar refractivity (Wildman–Crippen MR) is 51.5 cm³/mol. The molecule has 0 heterocycles. The number of nitrogens with one attached hydrogen (secondary N) is 1. The molecule has 13 heavy (non-hydrogen) atoms. The summed E-state index contributed by atoms with van der Waals surface area (Å²) in [5, 5.41) is 0. The van der Waals surface area contributed by atoms with Gasteiger partial charge in [-0.05, 0) is 19.4 Å². The van der Waals surface area contributed by atoms with Gasteiger partial charge in [-0.25, -0.2) is 4.72 Å². The second-order valence-corrected chi connectivity index (χ2v) is 4.81. The number of carbonyl (C=O) groups is 1. The number of amides is 1. The van der Waals surface area contributed by atoms with Crippen molar-refractivity contribution in [3.8, 4) is 0 Å². The van der Waals surface area contributed by atoms with E-state index in [-0.39, 0.29) is 0 Å². The van der Waals surface area contributed by atoms with Crippen LogP contribution in [0.15, 0.2) is 23.8 Å². The highest BCUT2D eigenvalue weighted by atomic mass is 35.7. The van der Waals surface area contributed by atoms with Crippen molar-refractivity contribution in [2.75, 3.05) is 0 Å². The van der Waals surface area contributed by atoms with Gasteiger partial charge in [0.25, 0.3) is 5.91 Å². The Balaban J connectivity index is 4.50. The molecule has 1 amide bonds. The second-order valence-electron chi connectivity index (χ2n) is 2.51. The maximum Gasteiger partial charge on any atom is 0.321 e. The summed E-state index contributed by atoms with van der Waals surface area (Å²) < 4.78 is 22.3. The molecule has 1 N–H and O–H groups in total. The van der Waals surface area contributed by atoms with E-state index in [9.17, 15) is 13.2 Å². The lowest BCUT2D eigenvalue weighted by atomic mass is 10.1. The first-order valence-electron chi connectivity index (χ1n) is 3.33. The van der Waals surface area contributed by atoms with Crippen molar-refractivity contribution in [1.82, 2.24) is 4.72 Å². The highest BCUT2D eigenvalue weighted by Gasteiger charge is 2.07. The summed E-state index contributed by atoms with van der Waals surface area (Å²) >= 11 is 0. The molecule has 74 valence electrons. The summed E-state index contributed by atoms with van der Waals surface area (Å²) in [6.45, 7) is 6.92. The van der Waals surface area contributed by atoms with Crippen molar-refractivity contribution in [3.63, 3.8) is 0 Å². The van der Waals surface area contributed by atoms with Gasteiger partial charge in [0.1, 0.15) is 0 Å². The first-order chi connectivity index (χ1) is 5.72. The van der Waals surface area contributed by atoms with Gasteiger partial charge >= 0.3 is 9.24 Å². The van der Waals surface area contributed by atoms with E-state index in [1.165, 1.54) is 0 Å². The first kappa shape index (κ1) is 12.2. The van der Waals surface area contributed by atoms with Gasteiger partial charge in [-0.15, -0.1) is 0 Å². The molecular formula is C7H10ClNO3S. The number of allylic oxidation sites excluding steroid dienone is 2. The fraction of sp³-hybridized carbons (Fsp3) is 0.286. The monoisotopic (exact) mass is 223 g/mol. The average Bonchev–Trinajstić information content (AvgIpc) is 1.81. The Kier molecular flexibility index (Phi) is 4.16. The van der Waals surface area contributed by atoms with E-state index in [0.717, 1.165) is 6.08 Å². The zero-order valence-corrected chi connectivity index (χ0v) is 8.87. The Morgan fingerprint density at radius 3 is 2.23 bits per heavy atom. The Morgan fingerprint density at radius 1 is 1.46 bits per heavy atom. The molecule has 0 aromatic rings. The average molecular weight is 224 g/mol. The first-order valence-corrected chi connectivity index (χ1v) is 5.64. The van der Waals surface area contributed by atoms with Crippen molar-refractivity contribution in [3.05, 3.63) is 23.8 Å². The Bertz CT molecular complexity index is 356. The van der Waals surface area contributed by atoms with Crippen LogP contribution in [-0.4, -0.2) is 14.3 Å². The standard InChI is InChI=1S/C7H10ClNO3S/c1-5(2)6(3)4-7(10)9-13(8,11)12/h4H,1H2,2-3H3,(H,9,10)/b6-4+. The lowest BCUT2D eigenvalue weighted by Gasteiger charge is -1.98. The molecule has 0 aliphatic rings. The maximum absolute atomic E-state index is 10.9. The number of carbonyl (C=O) groups excluding carboxylic acids is 1. The highest BCUT2D eigenvalue weighted by molar-refractivity contribution is 8.12. The number of hydrogen-bond donors (Lipinski definition) is 1. The quantitative estimate of drug-likeness (QED) is 0.443. The maximum atomic E-state index is 10.9. The van der Waals surface area contributed by atoms with Crippen LogP contribution < -0.4 is 4.72 Å². The Labute approximate surface area is 81.8 Å². The van der Waals surface area contributed by atoms with E-state index in [1.807, 2.05) is 0 Å². The van der Waals surface area contributed by atoms with Gasteiger partial charge in [-0.1, -0.05) is 12.2 Å². The largest absolute Gasteiger partial charge is 0.321 e. The predicted octanol–water partition coefficient (Wildman–Crippen LogP) is 1.11. The van der Waals surface area contributed by atoms with Crippen LogP contribution in [0.25, 0.3) is 0 Å². The number of halogens is 1. The van der Waals surface area contributed by atoms with Gasteiger partial charge in [0, 0.05) is 16.8 Å². The van der Waals surface area contributed by atoms with Crippen LogP contribution in [0.1, 0.15) is 13.8 Å². The van der Waals surface area contributed by atoms with Crippen LogP contribution in [0.4, 0.5) is 0 Å². The van der Waals surface area contributed by atoms with Gasteiger partial charge in [0.2, 0.25) is 0 Å².